The summed E-state index contributed by atoms with van der Waals surface area (Å²) in [5, 5.41) is 10.1. The van der Waals surface area contributed by atoms with Gasteiger partial charge in [0.2, 0.25) is 0 Å². The maximum Gasteiger partial charge on any atom is 0.271 e. The Bertz CT molecular complexity index is 1750. The average Bonchev–Trinajstić information content (AvgIpc) is 3.23. The molecule has 186 valence electrons. The Morgan fingerprint density at radius 3 is 2.62 bits per heavy atom. The van der Waals surface area contributed by atoms with Crippen molar-refractivity contribution in [1.82, 2.24) is 4.57 Å². The molecule has 1 N–H and O–H groups in total. The molecule has 0 spiro atoms. The molecule has 0 amide bonds. The van der Waals surface area contributed by atoms with Crippen molar-refractivity contribution in [3.05, 3.63) is 113 Å². The summed E-state index contributed by atoms with van der Waals surface area (Å²) in [5.41, 5.74) is 6.16. The largest absolute Gasteiger partial charge is 0.504 e. The van der Waals surface area contributed by atoms with Crippen molar-refractivity contribution in [3.63, 3.8) is 0 Å². The van der Waals surface area contributed by atoms with Crippen molar-refractivity contribution >= 4 is 39.0 Å². The molecule has 0 bridgehead atoms. The van der Waals surface area contributed by atoms with Crippen molar-refractivity contribution < 1.29 is 14.6 Å². The van der Waals surface area contributed by atoms with Crippen LogP contribution in [0, 0.1) is 0 Å². The first-order valence-electron chi connectivity index (χ1n) is 11.8. The second-order valence-corrected chi connectivity index (χ2v) is 10.8. The minimum absolute atomic E-state index is 0.0267. The maximum atomic E-state index is 13.9. The number of phenolic OH excluding ortho intramolecular Hbond substituents is 1. The van der Waals surface area contributed by atoms with E-state index in [4.69, 9.17) is 14.5 Å². The van der Waals surface area contributed by atoms with E-state index in [0.717, 1.165) is 46.6 Å². The summed E-state index contributed by atoms with van der Waals surface area (Å²) in [7, 11) is 3.14. The normalized spacial score (nSPS) is 16.5. The summed E-state index contributed by atoms with van der Waals surface area (Å²) in [6.07, 6.45) is 3.55. The van der Waals surface area contributed by atoms with Gasteiger partial charge in [-0.3, -0.25) is 9.36 Å². The van der Waals surface area contributed by atoms with Gasteiger partial charge in [0, 0.05) is 10.0 Å². The lowest BCUT2D eigenvalue weighted by Crippen LogP contribution is -2.38. The van der Waals surface area contributed by atoms with Gasteiger partial charge in [0.1, 0.15) is 5.75 Å². The fourth-order valence-corrected chi connectivity index (χ4v) is 6.52. The second kappa shape index (κ2) is 9.36. The molecule has 0 saturated heterocycles. The summed E-state index contributed by atoms with van der Waals surface area (Å²) in [6, 6.07) is 19.3. The number of benzene rings is 3. The van der Waals surface area contributed by atoms with Crippen LogP contribution >= 0.6 is 27.3 Å². The molecule has 1 unspecified atom stereocenters. The fourth-order valence-electron chi connectivity index (χ4n) is 5.08. The molecule has 6 nitrogen and oxygen atoms in total. The summed E-state index contributed by atoms with van der Waals surface area (Å²) in [4.78, 5) is 19.6. The van der Waals surface area contributed by atoms with Crippen LogP contribution in [0.2, 0.25) is 0 Å². The third kappa shape index (κ3) is 4.01. The first kappa shape index (κ1) is 23.8. The molecular formula is C29H23BrN2O4S. The molecule has 1 aliphatic carbocycles. The molecule has 4 aromatic rings. The van der Waals surface area contributed by atoms with Crippen molar-refractivity contribution in [3.8, 4) is 17.2 Å². The lowest BCUT2D eigenvalue weighted by molar-refractivity contribution is 0.373. The third-order valence-corrected chi connectivity index (χ3v) is 8.56. The molecule has 0 radical (unpaired) electrons. The van der Waals surface area contributed by atoms with Gasteiger partial charge in [0.25, 0.3) is 5.56 Å². The Morgan fingerprint density at radius 1 is 1.08 bits per heavy atom. The molecule has 37 heavy (non-hydrogen) atoms. The molecule has 3 aromatic carbocycles. The van der Waals surface area contributed by atoms with E-state index in [1.165, 1.54) is 24.0 Å². The van der Waals surface area contributed by atoms with E-state index in [9.17, 15) is 9.90 Å². The maximum absolute atomic E-state index is 13.9. The number of fused-ring (bicyclic) bond motifs is 3. The minimum atomic E-state index is -0.259. The minimum Gasteiger partial charge on any atom is -0.504 e. The lowest BCUT2D eigenvalue weighted by atomic mass is 9.83. The number of allylic oxidation sites excluding steroid dienone is 1. The van der Waals surface area contributed by atoms with E-state index in [-0.39, 0.29) is 17.4 Å². The lowest BCUT2D eigenvalue weighted by Gasteiger charge is -2.30. The van der Waals surface area contributed by atoms with E-state index in [1.807, 2.05) is 41.0 Å². The molecular weight excluding hydrogens is 552 g/mol. The van der Waals surface area contributed by atoms with Gasteiger partial charge in [-0.1, -0.05) is 63.7 Å². The number of aromatic hydroxyl groups is 1. The van der Waals surface area contributed by atoms with E-state index < -0.39 is 0 Å². The second-order valence-electron chi connectivity index (χ2n) is 8.93. The highest BCUT2D eigenvalue weighted by Gasteiger charge is 2.32. The Kier molecular flexibility index (Phi) is 6.01. The van der Waals surface area contributed by atoms with Gasteiger partial charge >= 0.3 is 0 Å². The SMILES string of the molecule is COc1ccc(C2C3=C(N=c4sc(=Cc5cc(OC)c(O)cc5Br)c(=O)n42)c2ccccc2CC3)cc1. The number of rotatable bonds is 4. The summed E-state index contributed by atoms with van der Waals surface area (Å²) in [5.74, 6) is 1.13. The zero-order valence-electron chi connectivity index (χ0n) is 20.2. The van der Waals surface area contributed by atoms with Crippen LogP contribution in [0.3, 0.4) is 0 Å². The standard InChI is InChI=1S/C29H23BrN2O4S/c1-35-19-10-7-17(8-11-19)27-21-12-9-16-5-3-4-6-20(16)26(21)31-29-32(27)28(34)25(37-29)14-18-13-24(36-2)23(33)15-22(18)30/h3-8,10-11,13-15,27,33H,9,12H2,1-2H3. The monoisotopic (exact) mass is 574 g/mol. The van der Waals surface area contributed by atoms with Crippen molar-refractivity contribution in [2.45, 2.75) is 18.9 Å². The Balaban J connectivity index is 1.60. The molecule has 0 fully saturated rings. The van der Waals surface area contributed by atoms with Crippen molar-refractivity contribution in [2.24, 2.45) is 4.99 Å². The number of methoxy groups -OCH3 is 2. The van der Waals surface area contributed by atoms with Gasteiger partial charge in [-0.25, -0.2) is 4.99 Å². The van der Waals surface area contributed by atoms with Crippen LogP contribution in [0.4, 0.5) is 0 Å². The van der Waals surface area contributed by atoms with E-state index in [0.29, 0.717) is 19.6 Å². The molecule has 2 heterocycles. The predicted octanol–water partition coefficient (Wildman–Crippen LogP) is 4.80. The Labute approximate surface area is 225 Å². The first-order chi connectivity index (χ1) is 18.0. The van der Waals surface area contributed by atoms with Crippen LogP contribution in [0.1, 0.15) is 34.7 Å². The number of hydrogen-bond donors (Lipinski definition) is 1. The molecule has 1 aliphatic heterocycles. The van der Waals surface area contributed by atoms with Crippen LogP contribution < -0.4 is 24.4 Å². The van der Waals surface area contributed by atoms with Gasteiger partial charge in [-0.05, 0) is 65.4 Å². The van der Waals surface area contributed by atoms with Gasteiger partial charge in [-0.15, -0.1) is 0 Å². The van der Waals surface area contributed by atoms with E-state index in [1.54, 1.807) is 19.2 Å². The van der Waals surface area contributed by atoms with Crippen LogP contribution in [0.25, 0.3) is 11.8 Å². The highest BCUT2D eigenvalue weighted by Crippen LogP contribution is 2.41. The summed E-state index contributed by atoms with van der Waals surface area (Å²) < 4.78 is 13.7. The Hall–Kier alpha value is -3.62. The van der Waals surface area contributed by atoms with E-state index >= 15 is 0 Å². The van der Waals surface area contributed by atoms with Crippen molar-refractivity contribution in [2.75, 3.05) is 14.2 Å². The van der Waals surface area contributed by atoms with Gasteiger partial charge in [-0.2, -0.15) is 0 Å². The zero-order chi connectivity index (χ0) is 25.7. The highest BCUT2D eigenvalue weighted by atomic mass is 79.9. The average molecular weight is 575 g/mol. The van der Waals surface area contributed by atoms with Crippen LogP contribution in [0.5, 0.6) is 17.2 Å². The number of aryl methyl sites for hydroxylation is 1. The fraction of sp³-hybridized carbons (Fsp3) is 0.172. The number of ether oxygens (including phenoxy) is 2. The molecule has 8 heteroatoms. The molecule has 2 aliphatic rings. The highest BCUT2D eigenvalue weighted by molar-refractivity contribution is 9.10. The predicted molar refractivity (Wildman–Crippen MR) is 148 cm³/mol. The number of halogens is 1. The van der Waals surface area contributed by atoms with Gasteiger partial charge in [0.05, 0.1) is 30.5 Å². The number of aromatic nitrogens is 1. The quantitative estimate of drug-likeness (QED) is 0.380. The number of thiazole rings is 1. The third-order valence-electron chi connectivity index (χ3n) is 6.89. The molecule has 6 rings (SSSR count). The van der Waals surface area contributed by atoms with Gasteiger partial charge in [0.15, 0.2) is 16.3 Å². The zero-order valence-corrected chi connectivity index (χ0v) is 22.6. The number of hydrogen-bond acceptors (Lipinski definition) is 6. The van der Waals surface area contributed by atoms with Crippen LogP contribution in [0.15, 0.2) is 80.5 Å². The summed E-state index contributed by atoms with van der Waals surface area (Å²) >= 11 is 4.86. The smallest absolute Gasteiger partial charge is 0.271 e. The van der Waals surface area contributed by atoms with Crippen molar-refractivity contribution in [1.29, 1.82) is 0 Å². The number of nitrogens with zero attached hydrogens (tertiary/aromatic N) is 2. The first-order valence-corrected chi connectivity index (χ1v) is 13.4. The topological polar surface area (TPSA) is 73.1 Å². The van der Waals surface area contributed by atoms with Gasteiger partial charge < -0.3 is 14.6 Å². The summed E-state index contributed by atoms with van der Waals surface area (Å²) in [6.45, 7) is 0. The molecule has 1 aromatic heterocycles. The Morgan fingerprint density at radius 2 is 1.86 bits per heavy atom. The van der Waals surface area contributed by atoms with E-state index in [2.05, 4.69) is 34.1 Å². The molecule has 1 atom stereocenters. The van der Waals surface area contributed by atoms with Crippen LogP contribution in [-0.2, 0) is 6.42 Å². The molecule has 0 saturated carbocycles. The number of phenols is 1. The van der Waals surface area contributed by atoms with Crippen LogP contribution in [-0.4, -0.2) is 23.9 Å².